The highest BCUT2D eigenvalue weighted by Gasteiger charge is 2.40. The predicted octanol–water partition coefficient (Wildman–Crippen LogP) is 15.3. The number of rotatable bonds is 7. The first-order valence-corrected chi connectivity index (χ1v) is 19.5. The van der Waals surface area contributed by atoms with E-state index in [1.54, 1.807) is 0 Å². The molecule has 0 radical (unpaired) electrons. The number of benzene rings is 9. The molecule has 0 amide bonds. The van der Waals surface area contributed by atoms with E-state index in [-0.39, 0.29) is 5.41 Å². The van der Waals surface area contributed by atoms with Crippen molar-refractivity contribution in [3.63, 3.8) is 0 Å². The molecule has 1 aliphatic carbocycles. The maximum atomic E-state index is 2.51. The van der Waals surface area contributed by atoms with E-state index in [1.807, 2.05) is 0 Å². The second-order valence-electron chi connectivity index (χ2n) is 15.3. The molecule has 0 N–H and O–H groups in total. The molecule has 1 aliphatic rings. The molecule has 266 valence electrons. The van der Waals surface area contributed by atoms with Gasteiger partial charge in [0.1, 0.15) is 0 Å². The summed E-state index contributed by atoms with van der Waals surface area (Å²) in [6, 6.07) is 77.6. The van der Waals surface area contributed by atoms with Crippen molar-refractivity contribution in [2.24, 2.45) is 0 Å². The Morgan fingerprint density at radius 3 is 1.48 bits per heavy atom. The summed E-state index contributed by atoms with van der Waals surface area (Å²) in [7, 11) is 0. The number of hydrogen-bond donors (Lipinski definition) is 0. The van der Waals surface area contributed by atoms with E-state index in [2.05, 4.69) is 231 Å². The highest BCUT2D eigenvalue weighted by molar-refractivity contribution is 6.07. The quantitative estimate of drug-likeness (QED) is 0.159. The van der Waals surface area contributed by atoms with Crippen LogP contribution in [-0.2, 0) is 5.41 Å². The molecule has 0 spiro atoms. The molecule has 10 rings (SSSR count). The molecule has 0 heterocycles. The van der Waals surface area contributed by atoms with Crippen LogP contribution < -0.4 is 4.90 Å². The maximum Gasteiger partial charge on any atom is 0.0549 e. The van der Waals surface area contributed by atoms with E-state index in [0.717, 1.165) is 11.4 Å². The summed E-state index contributed by atoms with van der Waals surface area (Å²) in [5.41, 5.74) is 18.2. The van der Waals surface area contributed by atoms with Gasteiger partial charge in [0.15, 0.2) is 0 Å². The van der Waals surface area contributed by atoms with Crippen LogP contribution in [0.3, 0.4) is 0 Å². The number of para-hydroxylation sites is 1. The molecule has 1 nitrogen and oxygen atoms in total. The fraction of sp³-hybridized carbons (Fsp3) is 0.0545. The molecular formula is C55H41N. The van der Waals surface area contributed by atoms with Gasteiger partial charge in [-0.05, 0) is 96.7 Å². The van der Waals surface area contributed by atoms with Crippen LogP contribution in [0.1, 0.15) is 25.0 Å². The average Bonchev–Trinajstić information content (AvgIpc) is 3.51. The minimum Gasteiger partial charge on any atom is -0.309 e. The fourth-order valence-corrected chi connectivity index (χ4v) is 8.90. The summed E-state index contributed by atoms with van der Waals surface area (Å²) in [5.74, 6) is 0. The summed E-state index contributed by atoms with van der Waals surface area (Å²) >= 11 is 0. The Morgan fingerprint density at radius 2 is 0.839 bits per heavy atom. The Balaban J connectivity index is 1.24. The van der Waals surface area contributed by atoms with E-state index in [9.17, 15) is 0 Å². The van der Waals surface area contributed by atoms with Crippen LogP contribution in [-0.4, -0.2) is 0 Å². The second kappa shape index (κ2) is 13.7. The van der Waals surface area contributed by atoms with E-state index in [4.69, 9.17) is 0 Å². The number of nitrogens with zero attached hydrogens (tertiary/aromatic N) is 1. The van der Waals surface area contributed by atoms with Crippen molar-refractivity contribution >= 4 is 27.8 Å². The molecular weight excluding hydrogens is 675 g/mol. The van der Waals surface area contributed by atoms with Crippen molar-refractivity contribution in [1.29, 1.82) is 0 Å². The SMILES string of the molecule is CC1(C)c2ccc(-c3ccccc3)cc2-c2c(N(c3ccc(-c4ccccc4)cc3)c3ccccc3-c3ccc(-c4ccccc4)cc3)cc3ccccc3c21. The van der Waals surface area contributed by atoms with Crippen molar-refractivity contribution < 1.29 is 0 Å². The normalized spacial score (nSPS) is 12.6. The third-order valence-electron chi connectivity index (χ3n) is 11.6. The molecule has 0 saturated heterocycles. The van der Waals surface area contributed by atoms with Gasteiger partial charge in [0.2, 0.25) is 0 Å². The third-order valence-corrected chi connectivity index (χ3v) is 11.6. The molecule has 9 aromatic carbocycles. The lowest BCUT2D eigenvalue weighted by Gasteiger charge is -2.31. The average molecular weight is 716 g/mol. The van der Waals surface area contributed by atoms with Crippen molar-refractivity contribution in [1.82, 2.24) is 0 Å². The van der Waals surface area contributed by atoms with Gasteiger partial charge in [0.05, 0.1) is 11.4 Å². The van der Waals surface area contributed by atoms with Gasteiger partial charge in [0, 0.05) is 22.2 Å². The zero-order valence-electron chi connectivity index (χ0n) is 31.7. The van der Waals surface area contributed by atoms with Crippen LogP contribution in [0.25, 0.3) is 66.4 Å². The van der Waals surface area contributed by atoms with Crippen molar-refractivity contribution in [2.75, 3.05) is 4.90 Å². The van der Waals surface area contributed by atoms with Crippen LogP contribution in [0, 0.1) is 0 Å². The monoisotopic (exact) mass is 715 g/mol. The summed E-state index contributed by atoms with van der Waals surface area (Å²) < 4.78 is 0. The van der Waals surface area contributed by atoms with Gasteiger partial charge in [-0.15, -0.1) is 0 Å². The highest BCUT2D eigenvalue weighted by Crippen LogP contribution is 2.58. The molecule has 0 saturated carbocycles. The second-order valence-corrected chi connectivity index (χ2v) is 15.3. The van der Waals surface area contributed by atoms with Crippen LogP contribution in [0.15, 0.2) is 212 Å². The maximum absolute atomic E-state index is 2.51. The van der Waals surface area contributed by atoms with Gasteiger partial charge in [-0.3, -0.25) is 0 Å². The Hall–Kier alpha value is -6.96. The van der Waals surface area contributed by atoms with E-state index < -0.39 is 0 Å². The molecule has 56 heavy (non-hydrogen) atoms. The smallest absolute Gasteiger partial charge is 0.0549 e. The lowest BCUT2D eigenvalue weighted by atomic mass is 9.79. The lowest BCUT2D eigenvalue weighted by molar-refractivity contribution is 0.666. The Labute approximate surface area is 329 Å². The van der Waals surface area contributed by atoms with Gasteiger partial charge >= 0.3 is 0 Å². The first-order valence-electron chi connectivity index (χ1n) is 19.5. The van der Waals surface area contributed by atoms with Gasteiger partial charge in [0.25, 0.3) is 0 Å². The highest BCUT2D eigenvalue weighted by atomic mass is 15.1. The van der Waals surface area contributed by atoms with Crippen LogP contribution >= 0.6 is 0 Å². The summed E-state index contributed by atoms with van der Waals surface area (Å²) in [6.07, 6.45) is 0. The molecule has 0 bridgehead atoms. The number of anilines is 3. The number of hydrogen-bond acceptors (Lipinski definition) is 1. The predicted molar refractivity (Wildman–Crippen MR) is 238 cm³/mol. The van der Waals surface area contributed by atoms with Gasteiger partial charge in [-0.2, -0.15) is 0 Å². The first kappa shape index (κ1) is 33.6. The zero-order chi connectivity index (χ0) is 37.6. The Bertz CT molecular complexity index is 2840. The van der Waals surface area contributed by atoms with Gasteiger partial charge in [-0.1, -0.05) is 196 Å². The molecule has 9 aromatic rings. The summed E-state index contributed by atoms with van der Waals surface area (Å²) in [5, 5.41) is 2.54. The number of fused-ring (bicyclic) bond motifs is 5. The molecule has 0 aromatic heterocycles. The first-order chi connectivity index (χ1) is 27.5. The van der Waals surface area contributed by atoms with Gasteiger partial charge < -0.3 is 4.90 Å². The molecule has 0 aliphatic heterocycles. The lowest BCUT2D eigenvalue weighted by Crippen LogP contribution is -2.17. The fourth-order valence-electron chi connectivity index (χ4n) is 8.90. The van der Waals surface area contributed by atoms with Crippen LogP contribution in [0.2, 0.25) is 0 Å². The van der Waals surface area contributed by atoms with Crippen LogP contribution in [0.4, 0.5) is 17.1 Å². The van der Waals surface area contributed by atoms with Crippen molar-refractivity contribution in [3.05, 3.63) is 223 Å². The molecule has 0 atom stereocenters. The minimum atomic E-state index is -0.217. The largest absolute Gasteiger partial charge is 0.309 e. The Morgan fingerprint density at radius 1 is 0.357 bits per heavy atom. The van der Waals surface area contributed by atoms with Crippen LogP contribution in [0.5, 0.6) is 0 Å². The zero-order valence-corrected chi connectivity index (χ0v) is 31.7. The standard InChI is InChI=1S/C55H41N/c1-55(2)50-35-32-44(40-20-10-5-11-21-40)36-49(50)53-52(37-45-22-12-13-24-48(45)54(53)55)56(46-33-30-42(31-34-46)39-18-8-4-9-19-39)51-25-15-14-23-47(51)43-28-26-41(27-29-43)38-16-6-3-7-17-38/h3-37H,1-2H3. The van der Waals surface area contributed by atoms with E-state index in [1.165, 1.54) is 83.2 Å². The summed E-state index contributed by atoms with van der Waals surface area (Å²) in [6.45, 7) is 4.80. The minimum absolute atomic E-state index is 0.217. The summed E-state index contributed by atoms with van der Waals surface area (Å²) in [4.78, 5) is 2.51. The van der Waals surface area contributed by atoms with Crippen molar-refractivity contribution in [3.8, 4) is 55.6 Å². The van der Waals surface area contributed by atoms with Gasteiger partial charge in [-0.25, -0.2) is 0 Å². The molecule has 0 fully saturated rings. The topological polar surface area (TPSA) is 3.24 Å². The van der Waals surface area contributed by atoms with Crippen molar-refractivity contribution in [2.45, 2.75) is 19.3 Å². The third kappa shape index (κ3) is 5.72. The van der Waals surface area contributed by atoms with E-state index >= 15 is 0 Å². The van der Waals surface area contributed by atoms with E-state index in [0.29, 0.717) is 0 Å². The Kier molecular flexibility index (Phi) is 8.23. The molecule has 1 heteroatoms. The molecule has 0 unspecified atom stereocenters.